The van der Waals surface area contributed by atoms with Crippen molar-refractivity contribution in [1.29, 1.82) is 0 Å². The Morgan fingerprint density at radius 1 is 0.188 bits per heavy atom. The molecule has 0 fully saturated rings. The Hall–Kier alpha value is -13.2. The lowest BCUT2D eigenvalue weighted by atomic mass is 10.0. The first-order valence-corrected chi connectivity index (χ1v) is 47.1. The predicted octanol–water partition coefficient (Wildman–Crippen LogP) is 31.8. The van der Waals surface area contributed by atoms with Crippen molar-refractivity contribution in [3.05, 3.63) is 448 Å². The maximum Gasteiger partial charge on any atom is 0.160 e. The number of aryl methyl sites for hydroxylation is 13. The fraction of sp³-hybridized carbons (Fsp3) is 0.235. The van der Waals surface area contributed by atoms with Crippen molar-refractivity contribution >= 4 is 98.5 Å². The number of Topliss-reactive ketones (excluding diaryl/α,β-unsaturated/α-hetero) is 7. The topological polar surface area (TPSA) is 184 Å². The lowest BCUT2D eigenvalue weighted by Gasteiger charge is -2.13. The van der Waals surface area contributed by atoms with Crippen LogP contribution in [0.25, 0.3) is 0 Å². The molecule has 0 bridgehead atoms. The highest BCUT2D eigenvalue weighted by Gasteiger charge is 2.18. The zero-order chi connectivity index (χ0) is 101. The summed E-state index contributed by atoms with van der Waals surface area (Å²) in [6, 6.07) is 85.6. The highest BCUT2D eigenvalue weighted by molar-refractivity contribution is 6.35. The summed E-state index contributed by atoms with van der Waals surface area (Å²) >= 11 is 30.6. The Morgan fingerprint density at radius 2 is 0.406 bits per heavy atom. The van der Waals surface area contributed by atoms with Gasteiger partial charge in [-0.25, -0.2) is 0 Å². The molecule has 19 heteroatoms. The summed E-state index contributed by atoms with van der Waals surface area (Å²) in [4.78, 5) is 80.9. The van der Waals surface area contributed by atoms with E-state index < -0.39 is 0 Å². The molecule has 716 valence electrons. The summed E-state index contributed by atoms with van der Waals surface area (Å²) in [5, 5.41) is 2.97. The van der Waals surface area contributed by atoms with Crippen LogP contribution in [0.2, 0.25) is 25.1 Å². The maximum absolute atomic E-state index is 11.6. The lowest BCUT2D eigenvalue weighted by Crippen LogP contribution is -2.04. The largest absolute Gasteiger partial charge is 0.489 e. The number of carbonyl (C=O) groups excluding carboxylic acids is 7. The summed E-state index contributed by atoms with van der Waals surface area (Å²) in [6.45, 7) is 39.8. The van der Waals surface area contributed by atoms with Crippen molar-refractivity contribution in [2.24, 2.45) is 0 Å². The first-order chi connectivity index (χ1) is 65.7. The summed E-state index contributed by atoms with van der Waals surface area (Å²) in [6.07, 6.45) is 0.936. The Morgan fingerprint density at radius 3 is 0.739 bits per heavy atom. The van der Waals surface area contributed by atoms with Gasteiger partial charge in [0.2, 0.25) is 0 Å². The second-order valence-corrected chi connectivity index (χ2v) is 35.7. The highest BCUT2D eigenvalue weighted by atomic mass is 35.5. The highest BCUT2D eigenvalue weighted by Crippen LogP contribution is 2.35. The normalized spacial score (nSPS) is 10.4. The molecule has 0 aliphatic carbocycles. The predicted molar refractivity (Wildman–Crippen MR) is 562 cm³/mol. The van der Waals surface area contributed by atoms with Crippen molar-refractivity contribution in [3.63, 3.8) is 0 Å². The SMILES string of the molecule is CC(=O)c1ccccc1COc1cc(C)c(C)cc1C.CC(=O)c1ccccc1COc1cc(C)c(C)cc1Cl.CC(=O)c1ccccc1COc1cc(Cl)c(C)cc1C.CC(=O)c1ccccc1COc1cc(Cl)c(C)cc1Cl.CC(=O)c1ccccc1COc1ccc(C)cc1C.CC(=O)c1ccccc1COc1ccc(C)cc1Cl.CCc1cc(C)ccc1OCc1ccccc1C(C)=O. The quantitative estimate of drug-likeness (QED) is 0.0403. The van der Waals surface area contributed by atoms with Crippen molar-refractivity contribution in [3.8, 4) is 40.2 Å². The average Bonchev–Trinajstić information content (AvgIpc) is 0.809. The van der Waals surface area contributed by atoms with Gasteiger partial charge in [0.15, 0.2) is 40.5 Å². The van der Waals surface area contributed by atoms with Gasteiger partial charge in [-0.1, -0.05) is 288 Å². The summed E-state index contributed by atoms with van der Waals surface area (Å²) < 4.78 is 40.6. The van der Waals surface area contributed by atoms with Crippen molar-refractivity contribution in [1.82, 2.24) is 0 Å². The van der Waals surface area contributed by atoms with E-state index >= 15 is 0 Å². The molecule has 14 nitrogen and oxygen atoms in total. The number of carbonyl (C=O) groups is 7. The molecule has 14 aromatic carbocycles. The van der Waals surface area contributed by atoms with Gasteiger partial charge >= 0.3 is 0 Å². The molecule has 0 aromatic heterocycles. The minimum atomic E-state index is 0.0113. The molecule has 0 spiro atoms. The molecule has 14 rings (SSSR count). The lowest BCUT2D eigenvalue weighted by molar-refractivity contribution is 0.100. The molecule has 0 unspecified atom stereocenters. The van der Waals surface area contributed by atoms with Gasteiger partial charge in [0.1, 0.15) is 86.5 Å². The molecule has 0 saturated carbocycles. The van der Waals surface area contributed by atoms with Crippen LogP contribution in [0.1, 0.15) is 239 Å². The smallest absolute Gasteiger partial charge is 0.160 e. The number of hydrogen-bond acceptors (Lipinski definition) is 14. The number of benzene rings is 14. The minimum Gasteiger partial charge on any atom is -0.489 e. The molecular weight excluding hydrogens is 1830 g/mol. The van der Waals surface area contributed by atoms with Crippen LogP contribution in [0.15, 0.2) is 273 Å². The zero-order valence-corrected chi connectivity index (χ0v) is 86.0. The van der Waals surface area contributed by atoms with E-state index in [4.69, 9.17) is 91.2 Å². The van der Waals surface area contributed by atoms with E-state index in [1.165, 1.54) is 34.7 Å². The third-order valence-electron chi connectivity index (χ3n) is 22.5. The first-order valence-electron chi connectivity index (χ1n) is 45.2. The van der Waals surface area contributed by atoms with Crippen LogP contribution in [-0.4, -0.2) is 40.5 Å². The van der Waals surface area contributed by atoms with Gasteiger partial charge in [0.25, 0.3) is 0 Å². The Kier molecular flexibility index (Phi) is 43.6. The van der Waals surface area contributed by atoms with Gasteiger partial charge in [-0.15, -0.1) is 0 Å². The molecule has 138 heavy (non-hydrogen) atoms. The molecule has 0 radical (unpaired) electrons. The van der Waals surface area contributed by atoms with Gasteiger partial charge in [0.05, 0.1) is 15.1 Å². The zero-order valence-electron chi connectivity index (χ0n) is 82.2. The Balaban J connectivity index is 0.000000198. The van der Waals surface area contributed by atoms with Crippen molar-refractivity contribution < 1.29 is 66.7 Å². The fourth-order valence-electron chi connectivity index (χ4n) is 14.5. The van der Waals surface area contributed by atoms with Crippen molar-refractivity contribution in [2.45, 2.75) is 191 Å². The van der Waals surface area contributed by atoms with E-state index in [2.05, 4.69) is 58.9 Å². The molecule has 14 aromatic rings. The standard InChI is InChI=1S/2C18H20O2.2C17H17ClO2.C17H18O2.C16H14Cl2O2.C16H15ClO2/c1-12-9-14(3)18(10-13(12)2)20-11-16-7-5-6-8-17(16)15(4)19;1-4-15-11-13(2)9-10-18(15)20-12-16-7-5-6-8-17(16)14(3)19;1-11-8-16(18)17(9-12(11)2)20-10-14-6-4-5-7-15(14)13(3)19;1-11-8-12(2)17(9-16(11)18)20-10-14-6-4-5-7-15(14)13(3)19;1-12-8-9-17(13(2)10-12)19-11-15-6-4-5-7-16(15)14(3)18;1-10-7-15(18)16(8-14(10)17)20-9-12-5-3-4-6-13(12)11(2)19;1-11-7-8-16(15(17)9-11)19-10-13-5-3-4-6-14(13)12(2)18/h5-10H,11H2,1-4H3;5-11H,4,12H2,1-3H3;2*4-9H,10H2,1-3H3;4-10H,11H2,1-3H3;3-8H,9H2,1-2H3;3-9H,10H2,1-2H3. The second-order valence-electron chi connectivity index (χ2n) is 33.6. The molecule has 0 aliphatic rings. The van der Waals surface area contributed by atoms with Crippen LogP contribution in [-0.2, 0) is 52.7 Å². The maximum atomic E-state index is 11.6. The Labute approximate surface area is 838 Å². The monoisotopic (exact) mass is 1950 g/mol. The molecule has 0 aliphatic heterocycles. The summed E-state index contributed by atoms with van der Waals surface area (Å²) in [7, 11) is 0. The van der Waals surface area contributed by atoms with Crippen LogP contribution in [0.4, 0.5) is 0 Å². The van der Waals surface area contributed by atoms with Gasteiger partial charge in [-0.05, 0) is 254 Å². The molecule has 0 heterocycles. The van der Waals surface area contributed by atoms with Crippen LogP contribution in [0.5, 0.6) is 40.2 Å². The van der Waals surface area contributed by atoms with Crippen LogP contribution >= 0.6 is 58.0 Å². The van der Waals surface area contributed by atoms with Gasteiger partial charge < -0.3 is 33.2 Å². The van der Waals surface area contributed by atoms with E-state index in [0.29, 0.717) is 104 Å². The number of ether oxygens (including phenoxy) is 7. The van der Waals surface area contributed by atoms with E-state index in [0.717, 1.165) is 130 Å². The number of hydrogen-bond donors (Lipinski definition) is 0. The van der Waals surface area contributed by atoms with E-state index in [1.54, 1.807) is 65.8 Å². The third-order valence-corrected chi connectivity index (χ3v) is 24.2. The van der Waals surface area contributed by atoms with E-state index in [1.807, 2.05) is 280 Å². The minimum absolute atomic E-state index is 0.0113. The van der Waals surface area contributed by atoms with Crippen molar-refractivity contribution in [2.75, 3.05) is 0 Å². The van der Waals surface area contributed by atoms with E-state index in [-0.39, 0.29) is 47.1 Å². The molecular formula is C119H121Cl5O14. The van der Waals surface area contributed by atoms with E-state index in [9.17, 15) is 33.6 Å². The Bertz CT molecular complexity index is 6060. The number of ketones is 7. The van der Waals surface area contributed by atoms with Gasteiger partial charge in [0, 0.05) is 94.0 Å². The third kappa shape index (κ3) is 33.9. The first kappa shape index (κ1) is 110. The average molecular weight is 1950 g/mol. The number of halogens is 5. The van der Waals surface area contributed by atoms with Crippen LogP contribution in [0.3, 0.4) is 0 Å². The van der Waals surface area contributed by atoms with Gasteiger partial charge in [-0.3, -0.25) is 33.6 Å². The van der Waals surface area contributed by atoms with Gasteiger partial charge in [-0.2, -0.15) is 0 Å². The number of rotatable bonds is 29. The van der Waals surface area contributed by atoms with Crippen LogP contribution in [0, 0.1) is 83.1 Å². The molecule has 0 amide bonds. The van der Waals surface area contributed by atoms with Crippen LogP contribution < -0.4 is 33.2 Å². The summed E-state index contributed by atoms with van der Waals surface area (Å²) in [5.74, 6) is 5.53. The summed E-state index contributed by atoms with van der Waals surface area (Å²) in [5.41, 5.74) is 25.8. The molecule has 0 atom stereocenters. The molecule has 0 saturated heterocycles. The fourth-order valence-corrected chi connectivity index (χ4v) is 15.6. The molecule has 0 N–H and O–H groups in total. The second kappa shape index (κ2) is 54.7.